The van der Waals surface area contributed by atoms with Crippen LogP contribution >= 0.6 is 23.4 Å². The van der Waals surface area contributed by atoms with Gasteiger partial charge in [-0.2, -0.15) is 0 Å². The molecule has 0 spiro atoms. The largest absolute Gasteiger partial charge is 0.361 e. The number of carbonyl (C=O) groups excluding carboxylic acids is 2. The van der Waals surface area contributed by atoms with E-state index in [-0.39, 0.29) is 17.7 Å². The van der Waals surface area contributed by atoms with Crippen molar-refractivity contribution in [1.82, 2.24) is 15.2 Å². The second kappa shape index (κ2) is 8.51. The van der Waals surface area contributed by atoms with Gasteiger partial charge in [-0.15, -0.1) is 11.8 Å². The van der Waals surface area contributed by atoms with Crippen molar-refractivity contribution < 1.29 is 9.59 Å². The number of aromatic nitrogens is 1. The van der Waals surface area contributed by atoms with Gasteiger partial charge in [0.05, 0.1) is 5.88 Å². The van der Waals surface area contributed by atoms with Gasteiger partial charge < -0.3 is 15.2 Å². The van der Waals surface area contributed by atoms with Crippen molar-refractivity contribution in [1.29, 1.82) is 0 Å². The number of fused-ring (bicyclic) bond motifs is 1. The second-order valence-corrected chi connectivity index (χ2v) is 8.52. The number of hydrogen-bond acceptors (Lipinski definition) is 3. The lowest BCUT2D eigenvalue weighted by Gasteiger charge is -2.24. The molecule has 2 heterocycles. The van der Waals surface area contributed by atoms with Gasteiger partial charge >= 0.3 is 0 Å². The van der Waals surface area contributed by atoms with E-state index in [9.17, 15) is 9.59 Å². The lowest BCUT2D eigenvalue weighted by Crippen LogP contribution is -2.47. The van der Waals surface area contributed by atoms with Crippen LogP contribution in [0, 0.1) is 0 Å². The minimum atomic E-state index is -0.424. The second-order valence-electron chi connectivity index (χ2n) is 7.11. The van der Waals surface area contributed by atoms with Gasteiger partial charge in [-0.3, -0.25) is 9.59 Å². The molecule has 0 saturated carbocycles. The number of nitrogens with zero attached hydrogens (tertiary/aromatic N) is 1. The van der Waals surface area contributed by atoms with Crippen LogP contribution in [0.4, 0.5) is 0 Å². The number of nitrogens with one attached hydrogen (secondary N) is 2. The fourth-order valence-corrected chi connectivity index (χ4v) is 5.30. The van der Waals surface area contributed by atoms with E-state index in [4.69, 9.17) is 11.6 Å². The zero-order valence-corrected chi connectivity index (χ0v) is 17.6. The Morgan fingerprint density at radius 3 is 2.76 bits per heavy atom. The maximum absolute atomic E-state index is 12.9. The molecule has 1 saturated heterocycles. The van der Waals surface area contributed by atoms with Crippen molar-refractivity contribution in [3.05, 3.63) is 70.9 Å². The van der Waals surface area contributed by atoms with Crippen molar-refractivity contribution in [2.45, 2.75) is 18.9 Å². The van der Waals surface area contributed by atoms with Gasteiger partial charge in [-0.25, -0.2) is 0 Å². The SMILES string of the molecule is CC(=O)N1CSC[C@@H]1C(=O)NC[C@H](c1ccccc1Cl)c1c[nH]c2ccccc12. The van der Waals surface area contributed by atoms with Gasteiger partial charge in [0.25, 0.3) is 0 Å². The number of aromatic amines is 1. The first kappa shape index (κ1) is 19.9. The number of halogens is 1. The topological polar surface area (TPSA) is 65.2 Å². The van der Waals surface area contributed by atoms with E-state index in [1.165, 1.54) is 6.92 Å². The minimum Gasteiger partial charge on any atom is -0.361 e. The molecular formula is C22H22ClN3O2S. The van der Waals surface area contributed by atoms with Gasteiger partial charge in [0.2, 0.25) is 11.8 Å². The Kier molecular flexibility index (Phi) is 5.83. The van der Waals surface area contributed by atoms with E-state index in [0.29, 0.717) is 23.2 Å². The molecule has 0 aliphatic carbocycles. The van der Waals surface area contributed by atoms with Gasteiger partial charge in [0.1, 0.15) is 6.04 Å². The standard InChI is InChI=1S/C22H22ClN3O2S/c1-14(27)26-13-29-12-21(26)22(28)25-11-17(15-6-2-4-8-19(15)23)18-10-24-20-9-5-3-7-16(18)20/h2-10,17,21,24H,11-13H2,1H3,(H,25,28)/t17-,21-/m1/s1. The maximum Gasteiger partial charge on any atom is 0.243 e. The summed E-state index contributed by atoms with van der Waals surface area (Å²) in [6.45, 7) is 1.90. The summed E-state index contributed by atoms with van der Waals surface area (Å²) in [5.41, 5.74) is 3.09. The quantitative estimate of drug-likeness (QED) is 0.647. The Hall–Kier alpha value is -2.44. The van der Waals surface area contributed by atoms with Gasteiger partial charge in [0, 0.05) is 47.3 Å². The van der Waals surface area contributed by atoms with Crippen LogP contribution in [0.5, 0.6) is 0 Å². The summed E-state index contributed by atoms with van der Waals surface area (Å²) in [7, 11) is 0. The minimum absolute atomic E-state index is 0.0746. The predicted octanol–water partition coefficient (Wildman–Crippen LogP) is 3.99. The number of carbonyl (C=O) groups is 2. The third-order valence-corrected chi connectivity index (χ3v) is 6.70. The molecule has 4 rings (SSSR count). The molecule has 3 aromatic rings. The molecule has 2 amide bonds. The zero-order valence-electron chi connectivity index (χ0n) is 16.0. The summed E-state index contributed by atoms with van der Waals surface area (Å²) in [4.78, 5) is 29.6. The molecule has 1 fully saturated rings. The van der Waals surface area contributed by atoms with E-state index in [1.54, 1.807) is 16.7 Å². The first-order valence-electron chi connectivity index (χ1n) is 9.49. The highest BCUT2D eigenvalue weighted by atomic mass is 35.5. The van der Waals surface area contributed by atoms with Crippen LogP contribution in [0.3, 0.4) is 0 Å². The average molecular weight is 428 g/mol. The van der Waals surface area contributed by atoms with Gasteiger partial charge in [-0.05, 0) is 23.3 Å². The smallest absolute Gasteiger partial charge is 0.243 e. The summed E-state index contributed by atoms with van der Waals surface area (Å²) < 4.78 is 0. The monoisotopic (exact) mass is 427 g/mol. The first-order valence-corrected chi connectivity index (χ1v) is 11.0. The molecule has 0 bridgehead atoms. The molecule has 2 aromatic carbocycles. The highest BCUT2D eigenvalue weighted by Gasteiger charge is 2.33. The summed E-state index contributed by atoms with van der Waals surface area (Å²) in [6.07, 6.45) is 1.98. The zero-order chi connectivity index (χ0) is 20.4. The average Bonchev–Trinajstić information content (AvgIpc) is 3.37. The fourth-order valence-electron chi connectivity index (χ4n) is 3.82. The lowest BCUT2D eigenvalue weighted by atomic mass is 9.90. The number of amides is 2. The van der Waals surface area contributed by atoms with Crippen molar-refractivity contribution in [3.63, 3.8) is 0 Å². The predicted molar refractivity (Wildman–Crippen MR) is 118 cm³/mol. The molecule has 29 heavy (non-hydrogen) atoms. The molecule has 1 aliphatic heterocycles. The molecule has 150 valence electrons. The third-order valence-electron chi connectivity index (χ3n) is 5.35. The van der Waals surface area contributed by atoms with Crippen molar-refractivity contribution in [2.75, 3.05) is 18.2 Å². The van der Waals surface area contributed by atoms with Crippen molar-refractivity contribution in [2.24, 2.45) is 0 Å². The van der Waals surface area contributed by atoms with Gasteiger partial charge in [-0.1, -0.05) is 48.0 Å². The molecule has 7 heteroatoms. The van der Waals surface area contributed by atoms with Crippen LogP contribution < -0.4 is 5.32 Å². The number of para-hydroxylation sites is 1. The molecule has 0 radical (unpaired) electrons. The number of H-pyrrole nitrogens is 1. The van der Waals surface area contributed by atoms with Crippen molar-refractivity contribution >= 4 is 46.1 Å². The number of thioether (sulfide) groups is 1. The molecule has 0 unspecified atom stereocenters. The molecule has 1 aliphatic rings. The highest BCUT2D eigenvalue weighted by molar-refractivity contribution is 7.99. The molecule has 2 atom stereocenters. The Morgan fingerprint density at radius 1 is 1.21 bits per heavy atom. The summed E-state index contributed by atoms with van der Waals surface area (Å²) in [5.74, 6) is 0.874. The molecular weight excluding hydrogens is 406 g/mol. The molecule has 1 aromatic heterocycles. The Balaban J connectivity index is 1.62. The Bertz CT molecular complexity index is 1050. The van der Waals surface area contributed by atoms with E-state index in [2.05, 4.69) is 16.4 Å². The van der Waals surface area contributed by atoms with E-state index >= 15 is 0 Å². The van der Waals surface area contributed by atoms with Crippen LogP contribution in [0.1, 0.15) is 24.0 Å². The molecule has 5 nitrogen and oxygen atoms in total. The summed E-state index contributed by atoms with van der Waals surface area (Å²) in [5, 5.41) is 4.84. The van der Waals surface area contributed by atoms with E-state index in [0.717, 1.165) is 22.0 Å². The lowest BCUT2D eigenvalue weighted by molar-refractivity contribution is -0.136. The van der Waals surface area contributed by atoms with Crippen LogP contribution in [0.2, 0.25) is 5.02 Å². The highest BCUT2D eigenvalue weighted by Crippen LogP contribution is 2.34. The first-order chi connectivity index (χ1) is 14.1. The molecule has 2 N–H and O–H groups in total. The van der Waals surface area contributed by atoms with Crippen LogP contribution in [0.25, 0.3) is 10.9 Å². The van der Waals surface area contributed by atoms with E-state index < -0.39 is 6.04 Å². The number of rotatable bonds is 5. The number of hydrogen-bond donors (Lipinski definition) is 2. The summed E-state index contributed by atoms with van der Waals surface area (Å²) >= 11 is 8.11. The Labute approximate surface area is 178 Å². The van der Waals surface area contributed by atoms with Crippen LogP contribution in [-0.2, 0) is 9.59 Å². The van der Waals surface area contributed by atoms with Gasteiger partial charge in [0.15, 0.2) is 0 Å². The fraction of sp³-hybridized carbons (Fsp3) is 0.273. The number of benzene rings is 2. The normalized spacial score (nSPS) is 17.4. The summed E-state index contributed by atoms with van der Waals surface area (Å²) in [6, 6.07) is 15.4. The Morgan fingerprint density at radius 2 is 1.97 bits per heavy atom. The van der Waals surface area contributed by atoms with Crippen LogP contribution in [0.15, 0.2) is 54.7 Å². The van der Waals surface area contributed by atoms with Crippen LogP contribution in [-0.4, -0.2) is 45.9 Å². The van der Waals surface area contributed by atoms with Crippen molar-refractivity contribution in [3.8, 4) is 0 Å². The van der Waals surface area contributed by atoms with E-state index in [1.807, 2.05) is 48.7 Å². The maximum atomic E-state index is 12.9. The third kappa shape index (κ3) is 4.00.